The molecular formula is C25H20BrF3N4O4S. The van der Waals surface area contributed by atoms with Crippen molar-refractivity contribution in [2.45, 2.75) is 32.4 Å². The number of anilines is 1. The molecule has 1 amide bonds. The first-order valence-electron chi connectivity index (χ1n) is 11.6. The molecule has 13 heteroatoms. The lowest BCUT2D eigenvalue weighted by molar-refractivity contribution is -0.142. The molecule has 0 bridgehead atoms. The molecule has 38 heavy (non-hydrogen) atoms. The van der Waals surface area contributed by atoms with Crippen LogP contribution in [0.5, 0.6) is 5.75 Å². The van der Waals surface area contributed by atoms with E-state index in [9.17, 15) is 22.8 Å². The van der Waals surface area contributed by atoms with Crippen LogP contribution in [0.25, 0.3) is 16.9 Å². The number of aryl methyl sites for hydroxylation is 1. The SMILES string of the molecule is CCOC(=O)c1c(NC(=O)c2nn3c(C(F)(F)F)cc(-c4ccc(OC)cc4)nc3c2Br)sc2c1CCC2. The van der Waals surface area contributed by atoms with Gasteiger partial charge in [-0.05, 0) is 78.0 Å². The molecule has 0 fully saturated rings. The van der Waals surface area contributed by atoms with Crippen molar-refractivity contribution in [3.05, 3.63) is 62.2 Å². The highest BCUT2D eigenvalue weighted by atomic mass is 79.9. The van der Waals surface area contributed by atoms with Crippen LogP contribution < -0.4 is 10.1 Å². The van der Waals surface area contributed by atoms with Gasteiger partial charge in [-0.15, -0.1) is 11.3 Å². The summed E-state index contributed by atoms with van der Waals surface area (Å²) in [4.78, 5) is 31.2. The Kier molecular flexibility index (Phi) is 6.90. The standard InChI is InChI=1S/C25H20BrF3N4O4S/c1-3-37-24(35)18-14-5-4-6-16(14)38-23(18)31-22(34)20-19(26)21-30-15(12-7-9-13(36-2)10-8-12)11-17(25(27,28)29)33(21)32-20/h7-11H,3-6H2,1-2H3,(H,31,34). The first-order chi connectivity index (χ1) is 18.1. The molecule has 198 valence electrons. The van der Waals surface area contributed by atoms with Gasteiger partial charge in [0.1, 0.15) is 10.8 Å². The first-order valence-corrected chi connectivity index (χ1v) is 13.2. The summed E-state index contributed by atoms with van der Waals surface area (Å²) in [6.07, 6.45) is -2.44. The number of nitrogens with one attached hydrogen (secondary N) is 1. The van der Waals surface area contributed by atoms with E-state index in [1.807, 2.05) is 0 Å². The largest absolute Gasteiger partial charge is 0.497 e. The molecule has 1 N–H and O–H groups in total. The number of halogens is 4. The first kappa shape index (κ1) is 26.2. The third kappa shape index (κ3) is 4.64. The number of rotatable bonds is 6. The number of carbonyl (C=O) groups excluding carboxylic acids is 2. The number of alkyl halides is 3. The Bertz CT molecular complexity index is 1560. The topological polar surface area (TPSA) is 94.8 Å². The Labute approximate surface area is 226 Å². The Morgan fingerprint density at radius 3 is 2.61 bits per heavy atom. The van der Waals surface area contributed by atoms with Crippen LogP contribution in [-0.4, -0.2) is 40.2 Å². The number of carbonyl (C=O) groups is 2. The van der Waals surface area contributed by atoms with Crippen molar-refractivity contribution in [2.75, 3.05) is 19.0 Å². The molecule has 0 radical (unpaired) electrons. The van der Waals surface area contributed by atoms with Crippen LogP contribution >= 0.6 is 27.3 Å². The summed E-state index contributed by atoms with van der Waals surface area (Å²) in [5.74, 6) is -0.800. The maximum Gasteiger partial charge on any atom is 0.433 e. The molecule has 3 heterocycles. The number of aromatic nitrogens is 3. The van der Waals surface area contributed by atoms with Crippen molar-refractivity contribution < 1.29 is 32.2 Å². The normalized spacial score (nSPS) is 13.0. The Hall–Kier alpha value is -3.45. The van der Waals surface area contributed by atoms with Gasteiger partial charge < -0.3 is 14.8 Å². The minimum absolute atomic E-state index is 0.0161. The average Bonchev–Trinajstić information content (AvgIpc) is 3.56. The number of esters is 1. The zero-order valence-electron chi connectivity index (χ0n) is 20.1. The van der Waals surface area contributed by atoms with E-state index in [1.54, 1.807) is 31.2 Å². The molecule has 1 aliphatic rings. The van der Waals surface area contributed by atoms with E-state index in [2.05, 4.69) is 31.3 Å². The van der Waals surface area contributed by atoms with Gasteiger partial charge in [-0.2, -0.15) is 18.3 Å². The van der Waals surface area contributed by atoms with Crippen molar-refractivity contribution in [3.8, 4) is 17.0 Å². The van der Waals surface area contributed by atoms with E-state index >= 15 is 0 Å². The monoisotopic (exact) mass is 608 g/mol. The fraction of sp³-hybridized carbons (Fsp3) is 0.280. The Morgan fingerprint density at radius 2 is 1.95 bits per heavy atom. The van der Waals surface area contributed by atoms with E-state index in [4.69, 9.17) is 9.47 Å². The van der Waals surface area contributed by atoms with Crippen LogP contribution in [0.1, 0.15) is 50.3 Å². The molecule has 0 unspecified atom stereocenters. The van der Waals surface area contributed by atoms with Crippen LogP contribution in [0.3, 0.4) is 0 Å². The molecule has 0 saturated carbocycles. The van der Waals surface area contributed by atoms with Gasteiger partial charge in [-0.1, -0.05) is 0 Å². The lowest BCUT2D eigenvalue weighted by Crippen LogP contribution is -2.17. The molecule has 5 rings (SSSR count). The summed E-state index contributed by atoms with van der Waals surface area (Å²) in [6, 6.07) is 7.26. The average molecular weight is 609 g/mol. The van der Waals surface area contributed by atoms with Crippen LogP contribution in [-0.2, 0) is 23.8 Å². The molecule has 4 aromatic rings. The van der Waals surface area contributed by atoms with E-state index in [0.717, 1.165) is 29.3 Å². The van der Waals surface area contributed by atoms with Crippen LogP contribution in [0.2, 0.25) is 0 Å². The predicted octanol–water partition coefficient (Wildman–Crippen LogP) is 6.17. The maximum atomic E-state index is 14.1. The second-order valence-electron chi connectivity index (χ2n) is 8.39. The molecule has 1 aliphatic carbocycles. The number of ether oxygens (including phenoxy) is 2. The number of benzene rings is 1. The van der Waals surface area contributed by atoms with Gasteiger partial charge in [0.15, 0.2) is 17.0 Å². The summed E-state index contributed by atoms with van der Waals surface area (Å²) >= 11 is 4.49. The number of amides is 1. The highest BCUT2D eigenvalue weighted by Crippen LogP contribution is 2.40. The Morgan fingerprint density at radius 1 is 1.21 bits per heavy atom. The highest BCUT2D eigenvalue weighted by Gasteiger charge is 2.37. The lowest BCUT2D eigenvalue weighted by Gasteiger charge is -2.11. The second kappa shape index (κ2) is 10.0. The summed E-state index contributed by atoms with van der Waals surface area (Å²) in [5.41, 5.74) is -0.00966. The predicted molar refractivity (Wildman–Crippen MR) is 138 cm³/mol. The number of nitrogens with zero attached hydrogens (tertiary/aromatic N) is 3. The molecule has 0 aliphatic heterocycles. The van der Waals surface area contributed by atoms with E-state index < -0.39 is 23.7 Å². The van der Waals surface area contributed by atoms with Gasteiger partial charge in [0, 0.05) is 10.4 Å². The molecule has 0 atom stereocenters. The third-order valence-electron chi connectivity index (χ3n) is 6.05. The van der Waals surface area contributed by atoms with E-state index in [-0.39, 0.29) is 38.7 Å². The number of hydrogen-bond acceptors (Lipinski definition) is 7. The van der Waals surface area contributed by atoms with Gasteiger partial charge in [-0.3, -0.25) is 4.79 Å². The highest BCUT2D eigenvalue weighted by molar-refractivity contribution is 9.10. The van der Waals surface area contributed by atoms with Gasteiger partial charge >= 0.3 is 12.1 Å². The van der Waals surface area contributed by atoms with Crippen LogP contribution in [0.4, 0.5) is 18.2 Å². The molecule has 8 nitrogen and oxygen atoms in total. The summed E-state index contributed by atoms with van der Waals surface area (Å²) < 4.78 is 53.0. The fourth-order valence-electron chi connectivity index (χ4n) is 4.32. The number of hydrogen-bond donors (Lipinski definition) is 1. The minimum atomic E-state index is -4.78. The van der Waals surface area contributed by atoms with Crippen molar-refractivity contribution >= 4 is 49.8 Å². The lowest BCUT2D eigenvalue weighted by atomic mass is 10.1. The smallest absolute Gasteiger partial charge is 0.433 e. The van der Waals surface area contributed by atoms with Gasteiger partial charge in [0.05, 0.1) is 29.4 Å². The van der Waals surface area contributed by atoms with E-state index in [0.29, 0.717) is 22.2 Å². The van der Waals surface area contributed by atoms with Crippen molar-refractivity contribution in [3.63, 3.8) is 0 Å². The molecule has 0 saturated heterocycles. The fourth-order valence-corrected chi connectivity index (χ4v) is 6.11. The van der Waals surface area contributed by atoms with Crippen molar-refractivity contribution in [1.29, 1.82) is 0 Å². The van der Waals surface area contributed by atoms with Crippen LogP contribution in [0, 0.1) is 0 Å². The molecule has 1 aromatic carbocycles. The maximum absolute atomic E-state index is 14.1. The minimum Gasteiger partial charge on any atom is -0.497 e. The summed E-state index contributed by atoms with van der Waals surface area (Å²) in [5, 5.41) is 6.90. The third-order valence-corrected chi connectivity index (χ3v) is 7.99. The number of methoxy groups -OCH3 is 1. The zero-order valence-corrected chi connectivity index (χ0v) is 22.5. The van der Waals surface area contributed by atoms with Crippen molar-refractivity contribution in [1.82, 2.24) is 14.6 Å². The van der Waals surface area contributed by atoms with Gasteiger partial charge in [-0.25, -0.2) is 14.3 Å². The molecular weight excluding hydrogens is 589 g/mol. The molecule has 0 spiro atoms. The number of fused-ring (bicyclic) bond motifs is 2. The van der Waals surface area contributed by atoms with Gasteiger partial charge in [0.2, 0.25) is 0 Å². The van der Waals surface area contributed by atoms with Gasteiger partial charge in [0.25, 0.3) is 5.91 Å². The van der Waals surface area contributed by atoms with Crippen LogP contribution in [0.15, 0.2) is 34.8 Å². The summed E-state index contributed by atoms with van der Waals surface area (Å²) in [7, 11) is 1.48. The van der Waals surface area contributed by atoms with Crippen molar-refractivity contribution in [2.24, 2.45) is 0 Å². The quantitative estimate of drug-likeness (QED) is 0.263. The number of thiophene rings is 1. The second-order valence-corrected chi connectivity index (χ2v) is 10.3. The molecule has 3 aromatic heterocycles. The summed E-state index contributed by atoms with van der Waals surface area (Å²) in [6.45, 7) is 1.85. The Balaban J connectivity index is 1.57. The zero-order chi connectivity index (χ0) is 27.2. The van der Waals surface area contributed by atoms with E-state index in [1.165, 1.54) is 18.4 Å².